The number of carbonyl (C=O) groups is 3. The van der Waals surface area contributed by atoms with Gasteiger partial charge in [0, 0.05) is 31.5 Å². The molecule has 21 heavy (non-hydrogen) atoms. The van der Waals surface area contributed by atoms with E-state index in [0.717, 1.165) is 0 Å². The molecule has 3 amide bonds. The van der Waals surface area contributed by atoms with E-state index in [2.05, 4.69) is 10.4 Å². The molecule has 2 atom stereocenters. The summed E-state index contributed by atoms with van der Waals surface area (Å²) in [6, 6.07) is 1.56. The molecule has 0 aromatic carbocycles. The summed E-state index contributed by atoms with van der Waals surface area (Å²) in [5.41, 5.74) is 5.70. The second kappa shape index (κ2) is 4.87. The highest BCUT2D eigenvalue weighted by Crippen LogP contribution is 2.34. The highest BCUT2D eigenvalue weighted by atomic mass is 16.2. The third-order valence-electron chi connectivity index (χ3n) is 4.22. The molecule has 8 heteroatoms. The molecule has 0 bridgehead atoms. The molecule has 3 N–H and O–H groups in total. The number of primary amides is 1. The number of likely N-dealkylation sites (N-methyl/N-ethyl adjacent to an activating group) is 1. The largest absolute Gasteiger partial charge is 0.369 e. The minimum atomic E-state index is -0.442. The summed E-state index contributed by atoms with van der Waals surface area (Å²) in [4.78, 5) is 36.8. The fourth-order valence-corrected chi connectivity index (χ4v) is 2.74. The van der Waals surface area contributed by atoms with Crippen LogP contribution in [0.25, 0.3) is 0 Å². The monoisotopic (exact) mass is 291 g/mol. The predicted molar refractivity (Wildman–Crippen MR) is 73.2 cm³/mol. The van der Waals surface area contributed by atoms with E-state index >= 15 is 0 Å². The lowest BCUT2D eigenvalue weighted by molar-refractivity contribution is -0.135. The zero-order chi connectivity index (χ0) is 15.1. The predicted octanol–water partition coefficient (Wildman–Crippen LogP) is -0.581. The highest BCUT2D eigenvalue weighted by molar-refractivity contribution is 5.98. The van der Waals surface area contributed by atoms with Crippen molar-refractivity contribution >= 4 is 23.5 Å². The third-order valence-corrected chi connectivity index (χ3v) is 4.22. The molecule has 1 aromatic rings. The van der Waals surface area contributed by atoms with Crippen LogP contribution in [-0.2, 0) is 16.1 Å². The van der Waals surface area contributed by atoms with Crippen LogP contribution in [0.15, 0.2) is 6.07 Å². The normalized spacial score (nSPS) is 24.2. The summed E-state index contributed by atoms with van der Waals surface area (Å²) in [5.74, 6) is -1.26. The maximum absolute atomic E-state index is 12.1. The summed E-state index contributed by atoms with van der Waals surface area (Å²) < 4.78 is 1.59. The van der Waals surface area contributed by atoms with Crippen molar-refractivity contribution in [2.45, 2.75) is 19.4 Å². The summed E-state index contributed by atoms with van der Waals surface area (Å²) in [6.45, 7) is 1.19. The van der Waals surface area contributed by atoms with Crippen molar-refractivity contribution in [2.75, 3.05) is 18.9 Å². The SMILES string of the molecule is CN1CCn2nc(NC(=O)C3CCC3C(N)=O)cc2C1=O. The van der Waals surface area contributed by atoms with E-state index in [1.165, 1.54) is 0 Å². The zero-order valence-corrected chi connectivity index (χ0v) is 11.7. The number of nitrogens with one attached hydrogen (secondary N) is 1. The maximum atomic E-state index is 12.1. The first-order valence-corrected chi connectivity index (χ1v) is 6.91. The Morgan fingerprint density at radius 2 is 2.05 bits per heavy atom. The smallest absolute Gasteiger partial charge is 0.272 e. The van der Waals surface area contributed by atoms with Crippen LogP contribution in [0.2, 0.25) is 0 Å². The Morgan fingerprint density at radius 3 is 2.67 bits per heavy atom. The number of nitrogens with two attached hydrogens (primary N) is 1. The Labute approximate surface area is 121 Å². The van der Waals surface area contributed by atoms with E-state index in [-0.39, 0.29) is 17.7 Å². The average molecular weight is 291 g/mol. The number of hydrogen-bond donors (Lipinski definition) is 2. The number of amides is 3. The van der Waals surface area contributed by atoms with Crippen LogP contribution in [0.5, 0.6) is 0 Å². The maximum Gasteiger partial charge on any atom is 0.272 e. The van der Waals surface area contributed by atoms with Crippen molar-refractivity contribution in [3.63, 3.8) is 0 Å². The summed E-state index contributed by atoms with van der Waals surface area (Å²) >= 11 is 0. The van der Waals surface area contributed by atoms with Gasteiger partial charge in [-0.2, -0.15) is 5.10 Å². The number of hydrogen-bond acceptors (Lipinski definition) is 4. The lowest BCUT2D eigenvalue weighted by Crippen LogP contribution is -2.43. The van der Waals surface area contributed by atoms with Gasteiger partial charge in [-0.15, -0.1) is 0 Å². The molecule has 1 saturated carbocycles. The van der Waals surface area contributed by atoms with Gasteiger partial charge in [-0.3, -0.25) is 19.1 Å². The standard InChI is InChI=1S/C13H17N5O3/c1-17-4-5-18-9(13(17)21)6-10(16-18)15-12(20)8-3-2-7(8)11(14)19/h6-8H,2-5H2,1H3,(H2,14,19)(H,15,16,20). The molecule has 0 radical (unpaired) electrons. The van der Waals surface area contributed by atoms with Crippen LogP contribution in [-0.4, -0.2) is 46.0 Å². The molecule has 1 fully saturated rings. The van der Waals surface area contributed by atoms with Crippen molar-refractivity contribution in [2.24, 2.45) is 17.6 Å². The van der Waals surface area contributed by atoms with Gasteiger partial charge in [-0.1, -0.05) is 0 Å². The van der Waals surface area contributed by atoms with Crippen LogP contribution in [0.4, 0.5) is 5.82 Å². The zero-order valence-electron chi connectivity index (χ0n) is 11.7. The Bertz CT molecular complexity index is 623. The Morgan fingerprint density at radius 1 is 1.33 bits per heavy atom. The second-order valence-electron chi connectivity index (χ2n) is 5.55. The van der Waals surface area contributed by atoms with Crippen molar-refractivity contribution in [1.29, 1.82) is 0 Å². The summed E-state index contributed by atoms with van der Waals surface area (Å²) in [6.07, 6.45) is 1.30. The van der Waals surface area contributed by atoms with Crippen molar-refractivity contribution in [3.05, 3.63) is 11.8 Å². The van der Waals surface area contributed by atoms with Crippen molar-refractivity contribution in [3.8, 4) is 0 Å². The molecular formula is C13H17N5O3. The first kappa shape index (κ1) is 13.6. The first-order valence-electron chi connectivity index (χ1n) is 6.91. The Balaban J connectivity index is 1.72. The van der Waals surface area contributed by atoms with Gasteiger partial charge in [0.05, 0.1) is 6.54 Å². The fourth-order valence-electron chi connectivity index (χ4n) is 2.74. The van der Waals surface area contributed by atoms with Crippen LogP contribution in [0, 0.1) is 11.8 Å². The van der Waals surface area contributed by atoms with Crippen molar-refractivity contribution in [1.82, 2.24) is 14.7 Å². The van der Waals surface area contributed by atoms with Crippen LogP contribution in [0.3, 0.4) is 0 Å². The van der Waals surface area contributed by atoms with Gasteiger partial charge in [-0.25, -0.2) is 0 Å². The molecule has 3 rings (SSSR count). The Hall–Kier alpha value is -2.38. The minimum absolute atomic E-state index is 0.118. The molecule has 1 aliphatic heterocycles. The lowest BCUT2D eigenvalue weighted by atomic mass is 9.72. The molecule has 8 nitrogen and oxygen atoms in total. The van der Waals surface area contributed by atoms with E-state index in [4.69, 9.17) is 5.73 Å². The number of rotatable bonds is 3. The number of carbonyl (C=O) groups excluding carboxylic acids is 3. The molecule has 2 aliphatic rings. The van der Waals surface area contributed by atoms with E-state index < -0.39 is 11.8 Å². The number of fused-ring (bicyclic) bond motifs is 1. The topological polar surface area (TPSA) is 110 Å². The average Bonchev–Trinajstić information content (AvgIpc) is 2.75. The molecule has 1 aromatic heterocycles. The molecule has 2 heterocycles. The van der Waals surface area contributed by atoms with E-state index in [9.17, 15) is 14.4 Å². The van der Waals surface area contributed by atoms with Crippen LogP contribution < -0.4 is 11.1 Å². The number of nitrogens with zero attached hydrogens (tertiary/aromatic N) is 3. The highest BCUT2D eigenvalue weighted by Gasteiger charge is 2.40. The van der Waals surface area contributed by atoms with E-state index in [0.29, 0.717) is 37.4 Å². The fraction of sp³-hybridized carbons (Fsp3) is 0.538. The summed E-state index contributed by atoms with van der Waals surface area (Å²) in [7, 11) is 1.73. The lowest BCUT2D eigenvalue weighted by Gasteiger charge is -2.32. The van der Waals surface area contributed by atoms with Crippen LogP contribution in [0.1, 0.15) is 23.3 Å². The summed E-state index contributed by atoms with van der Waals surface area (Å²) in [5, 5.41) is 6.88. The molecule has 112 valence electrons. The van der Waals surface area contributed by atoms with E-state index in [1.54, 1.807) is 22.7 Å². The van der Waals surface area contributed by atoms with E-state index in [1.807, 2.05) is 0 Å². The minimum Gasteiger partial charge on any atom is -0.369 e. The molecule has 2 unspecified atom stereocenters. The van der Waals surface area contributed by atoms with Crippen LogP contribution >= 0.6 is 0 Å². The first-order chi connectivity index (χ1) is 9.97. The van der Waals surface area contributed by atoms with Gasteiger partial charge in [0.1, 0.15) is 5.69 Å². The Kier molecular flexibility index (Phi) is 3.15. The van der Waals surface area contributed by atoms with Gasteiger partial charge in [0.25, 0.3) is 5.91 Å². The van der Waals surface area contributed by atoms with Crippen molar-refractivity contribution < 1.29 is 14.4 Å². The van der Waals surface area contributed by atoms with Gasteiger partial charge in [0.2, 0.25) is 11.8 Å². The molecule has 0 spiro atoms. The number of anilines is 1. The molecular weight excluding hydrogens is 274 g/mol. The second-order valence-corrected chi connectivity index (χ2v) is 5.55. The quantitative estimate of drug-likeness (QED) is 0.776. The third kappa shape index (κ3) is 2.26. The molecule has 0 saturated heterocycles. The van der Waals surface area contributed by atoms with Gasteiger partial charge < -0.3 is 16.0 Å². The number of aromatic nitrogens is 2. The van der Waals surface area contributed by atoms with Gasteiger partial charge in [-0.05, 0) is 12.8 Å². The van der Waals surface area contributed by atoms with Gasteiger partial charge in [0.15, 0.2) is 5.82 Å². The molecule has 1 aliphatic carbocycles. The van der Waals surface area contributed by atoms with Gasteiger partial charge >= 0.3 is 0 Å².